The number of carbonyl (C=O) groups excluding carboxylic acids is 1. The van der Waals surface area contributed by atoms with Gasteiger partial charge >= 0.3 is 0 Å². The third kappa shape index (κ3) is 2.44. The quantitative estimate of drug-likeness (QED) is 0.632. The first-order chi connectivity index (χ1) is 6.05. The minimum absolute atomic E-state index is 0.285. The fraction of sp³-hybridized carbons (Fsp3) is 0.900. The van der Waals surface area contributed by atoms with Crippen molar-refractivity contribution in [3.05, 3.63) is 0 Å². The minimum Gasteiger partial charge on any atom is -0.368 e. The Kier molecular flexibility index (Phi) is 3.31. The van der Waals surface area contributed by atoms with Crippen LogP contribution in [0.1, 0.15) is 45.4 Å². The molecule has 3 nitrogen and oxygen atoms in total. The Balaban J connectivity index is 2.62. The first-order valence-corrected chi connectivity index (χ1v) is 5.14. The molecule has 1 amide bonds. The number of amides is 1. The number of hydrogen-bond donors (Lipinski definition) is 2. The molecule has 0 radical (unpaired) electrons. The van der Waals surface area contributed by atoms with E-state index in [0.29, 0.717) is 0 Å². The van der Waals surface area contributed by atoms with E-state index in [1.54, 1.807) is 6.92 Å². The van der Waals surface area contributed by atoms with Crippen molar-refractivity contribution in [1.29, 1.82) is 0 Å². The van der Waals surface area contributed by atoms with E-state index in [1.165, 1.54) is 25.7 Å². The number of nitrogens with two attached hydrogens (primary N) is 2. The Hall–Kier alpha value is -0.570. The molecule has 0 aromatic carbocycles. The molecule has 1 atom stereocenters. The van der Waals surface area contributed by atoms with Crippen LogP contribution in [-0.2, 0) is 4.79 Å². The van der Waals surface area contributed by atoms with Crippen LogP contribution in [0.15, 0.2) is 0 Å². The monoisotopic (exact) mass is 184 g/mol. The van der Waals surface area contributed by atoms with Gasteiger partial charge in [-0.1, -0.05) is 25.7 Å². The van der Waals surface area contributed by atoms with Gasteiger partial charge in [-0.05, 0) is 25.7 Å². The third-order valence-corrected chi connectivity index (χ3v) is 3.23. The molecule has 0 heterocycles. The Labute approximate surface area is 79.9 Å². The SMILES string of the molecule is CC(N)(C(N)=O)C1CCCCCC1. The number of carbonyl (C=O) groups is 1. The lowest BCUT2D eigenvalue weighted by molar-refractivity contribution is -0.124. The van der Waals surface area contributed by atoms with Gasteiger partial charge in [0.25, 0.3) is 0 Å². The van der Waals surface area contributed by atoms with Crippen molar-refractivity contribution in [2.45, 2.75) is 51.0 Å². The van der Waals surface area contributed by atoms with Gasteiger partial charge in [-0.2, -0.15) is 0 Å². The van der Waals surface area contributed by atoms with E-state index >= 15 is 0 Å². The molecular weight excluding hydrogens is 164 g/mol. The lowest BCUT2D eigenvalue weighted by atomic mass is 9.81. The molecule has 0 aliphatic heterocycles. The van der Waals surface area contributed by atoms with Gasteiger partial charge in [-0.15, -0.1) is 0 Å². The normalized spacial score (nSPS) is 24.8. The van der Waals surface area contributed by atoms with Crippen molar-refractivity contribution in [2.75, 3.05) is 0 Å². The summed E-state index contributed by atoms with van der Waals surface area (Å²) in [5, 5.41) is 0. The molecule has 1 aliphatic rings. The van der Waals surface area contributed by atoms with E-state index in [4.69, 9.17) is 11.5 Å². The van der Waals surface area contributed by atoms with Gasteiger partial charge < -0.3 is 11.5 Å². The van der Waals surface area contributed by atoms with Gasteiger partial charge in [0.05, 0.1) is 5.54 Å². The molecule has 1 fully saturated rings. The fourth-order valence-electron chi connectivity index (χ4n) is 2.08. The molecule has 0 spiro atoms. The molecular formula is C10H20N2O. The molecule has 0 saturated heterocycles. The summed E-state index contributed by atoms with van der Waals surface area (Å²) in [5.41, 5.74) is 10.4. The van der Waals surface area contributed by atoms with Crippen LogP contribution in [0.3, 0.4) is 0 Å². The second-order valence-electron chi connectivity index (χ2n) is 4.34. The molecule has 1 saturated carbocycles. The van der Waals surface area contributed by atoms with Gasteiger partial charge in [0.1, 0.15) is 0 Å². The summed E-state index contributed by atoms with van der Waals surface area (Å²) in [4.78, 5) is 11.1. The Morgan fingerprint density at radius 2 is 1.69 bits per heavy atom. The van der Waals surface area contributed by atoms with E-state index in [-0.39, 0.29) is 11.8 Å². The van der Waals surface area contributed by atoms with E-state index in [1.807, 2.05) is 0 Å². The lowest BCUT2D eigenvalue weighted by Crippen LogP contribution is -2.54. The molecule has 1 aliphatic carbocycles. The van der Waals surface area contributed by atoms with E-state index in [9.17, 15) is 4.79 Å². The second-order valence-corrected chi connectivity index (χ2v) is 4.34. The predicted octanol–water partition coefficient (Wildman–Crippen LogP) is 1.16. The number of hydrogen-bond acceptors (Lipinski definition) is 2. The van der Waals surface area contributed by atoms with Crippen molar-refractivity contribution >= 4 is 5.91 Å². The first kappa shape index (κ1) is 10.5. The summed E-state index contributed by atoms with van der Waals surface area (Å²) in [7, 11) is 0. The van der Waals surface area contributed by atoms with Crippen LogP contribution >= 0.6 is 0 Å². The number of rotatable bonds is 2. The van der Waals surface area contributed by atoms with Crippen molar-refractivity contribution in [3.8, 4) is 0 Å². The van der Waals surface area contributed by atoms with Gasteiger partial charge in [-0.3, -0.25) is 4.79 Å². The van der Waals surface area contributed by atoms with Crippen LogP contribution in [-0.4, -0.2) is 11.4 Å². The smallest absolute Gasteiger partial charge is 0.237 e. The molecule has 0 aromatic heterocycles. The highest BCUT2D eigenvalue weighted by Gasteiger charge is 2.35. The lowest BCUT2D eigenvalue weighted by Gasteiger charge is -2.30. The maximum atomic E-state index is 11.1. The molecule has 76 valence electrons. The van der Waals surface area contributed by atoms with Crippen LogP contribution in [0.4, 0.5) is 0 Å². The summed E-state index contributed by atoms with van der Waals surface area (Å²) >= 11 is 0. The zero-order valence-corrected chi connectivity index (χ0v) is 8.38. The van der Waals surface area contributed by atoms with Crippen molar-refractivity contribution in [3.63, 3.8) is 0 Å². The van der Waals surface area contributed by atoms with Crippen LogP contribution in [0.2, 0.25) is 0 Å². The Bertz CT molecular complexity index is 181. The minimum atomic E-state index is -0.801. The van der Waals surface area contributed by atoms with Crippen molar-refractivity contribution in [1.82, 2.24) is 0 Å². The highest BCUT2D eigenvalue weighted by atomic mass is 16.1. The maximum absolute atomic E-state index is 11.1. The largest absolute Gasteiger partial charge is 0.368 e. The van der Waals surface area contributed by atoms with Crippen LogP contribution in [0.25, 0.3) is 0 Å². The van der Waals surface area contributed by atoms with Crippen molar-refractivity contribution < 1.29 is 4.79 Å². The summed E-state index contributed by atoms with van der Waals surface area (Å²) in [6, 6.07) is 0. The van der Waals surface area contributed by atoms with Crippen LogP contribution in [0, 0.1) is 5.92 Å². The molecule has 3 heteroatoms. The average Bonchev–Trinajstić information content (AvgIpc) is 2.31. The van der Waals surface area contributed by atoms with E-state index < -0.39 is 5.54 Å². The highest BCUT2D eigenvalue weighted by molar-refractivity contribution is 5.84. The molecule has 4 N–H and O–H groups in total. The standard InChI is InChI=1S/C10H20N2O/c1-10(12,9(11)13)8-6-4-2-3-5-7-8/h8H,2-7,12H2,1H3,(H2,11,13). The molecule has 13 heavy (non-hydrogen) atoms. The average molecular weight is 184 g/mol. The third-order valence-electron chi connectivity index (χ3n) is 3.23. The zero-order chi connectivity index (χ0) is 9.90. The van der Waals surface area contributed by atoms with E-state index in [2.05, 4.69) is 0 Å². The topological polar surface area (TPSA) is 69.1 Å². The summed E-state index contributed by atoms with van der Waals surface area (Å²) in [6.45, 7) is 1.77. The zero-order valence-electron chi connectivity index (χ0n) is 8.38. The maximum Gasteiger partial charge on any atom is 0.237 e. The summed E-state index contributed by atoms with van der Waals surface area (Å²) < 4.78 is 0. The summed E-state index contributed by atoms with van der Waals surface area (Å²) in [6.07, 6.45) is 7.01. The number of primary amides is 1. The Morgan fingerprint density at radius 3 is 2.08 bits per heavy atom. The first-order valence-electron chi connectivity index (χ1n) is 5.14. The highest BCUT2D eigenvalue weighted by Crippen LogP contribution is 2.29. The van der Waals surface area contributed by atoms with Gasteiger partial charge in [0.2, 0.25) is 5.91 Å². The molecule has 1 unspecified atom stereocenters. The fourth-order valence-corrected chi connectivity index (χ4v) is 2.08. The van der Waals surface area contributed by atoms with Crippen molar-refractivity contribution in [2.24, 2.45) is 17.4 Å². The molecule has 0 bridgehead atoms. The predicted molar refractivity (Wildman–Crippen MR) is 53.0 cm³/mol. The van der Waals surface area contributed by atoms with Gasteiger partial charge in [0.15, 0.2) is 0 Å². The van der Waals surface area contributed by atoms with E-state index in [0.717, 1.165) is 12.8 Å². The van der Waals surface area contributed by atoms with Gasteiger partial charge in [0, 0.05) is 0 Å². The van der Waals surface area contributed by atoms with Gasteiger partial charge in [-0.25, -0.2) is 0 Å². The van der Waals surface area contributed by atoms with Crippen LogP contribution < -0.4 is 11.5 Å². The molecule has 1 rings (SSSR count). The van der Waals surface area contributed by atoms with Crippen LogP contribution in [0.5, 0.6) is 0 Å². The summed E-state index contributed by atoms with van der Waals surface area (Å²) in [5.74, 6) is -0.0769. The molecule has 0 aromatic rings. The Morgan fingerprint density at radius 1 is 1.23 bits per heavy atom. The second kappa shape index (κ2) is 4.09.